The predicted octanol–water partition coefficient (Wildman–Crippen LogP) is 6.08. The lowest BCUT2D eigenvalue weighted by atomic mass is 10.2. The quantitative estimate of drug-likeness (QED) is 0.383. The molecule has 13 heteroatoms. The van der Waals surface area contributed by atoms with Crippen LogP contribution < -0.4 is 5.32 Å². The summed E-state index contributed by atoms with van der Waals surface area (Å²) < 4.78 is 89.3. The minimum Gasteiger partial charge on any atom is -0.340 e. The molecule has 0 radical (unpaired) electrons. The van der Waals surface area contributed by atoms with Crippen molar-refractivity contribution >= 4 is 17.3 Å². The smallest absolute Gasteiger partial charge is 0.340 e. The summed E-state index contributed by atoms with van der Waals surface area (Å²) in [4.78, 5) is 10.9. The number of nitrogens with zero attached hydrogens (tertiary/aromatic N) is 5. The number of azo groups is 1. The molecule has 0 unspecified atom stereocenters. The summed E-state index contributed by atoms with van der Waals surface area (Å²) in [7, 11) is 0. The van der Waals surface area contributed by atoms with E-state index in [1.54, 1.807) is 0 Å². The van der Waals surface area contributed by atoms with Gasteiger partial charge in [0.05, 0.1) is 12.1 Å². The Morgan fingerprint density at radius 3 is 2.29 bits per heavy atom. The van der Waals surface area contributed by atoms with Gasteiger partial charge in [0.1, 0.15) is 23.7 Å². The van der Waals surface area contributed by atoms with Gasteiger partial charge in [-0.3, -0.25) is 4.98 Å². The van der Waals surface area contributed by atoms with E-state index in [0.29, 0.717) is 17.7 Å². The van der Waals surface area contributed by atoms with E-state index in [9.17, 15) is 30.7 Å². The van der Waals surface area contributed by atoms with Crippen LogP contribution in [-0.2, 0) is 18.9 Å². The molecule has 6 nitrogen and oxygen atoms in total. The average molecular weight is 444 g/mol. The zero-order chi connectivity index (χ0) is 22.6. The maximum Gasteiger partial charge on any atom is 0.433 e. The summed E-state index contributed by atoms with van der Waals surface area (Å²) in [6.45, 7) is -0.0786. The highest BCUT2D eigenvalue weighted by molar-refractivity contribution is 5.59. The summed E-state index contributed by atoms with van der Waals surface area (Å²) >= 11 is 0. The van der Waals surface area contributed by atoms with Crippen LogP contribution in [-0.4, -0.2) is 15.0 Å². The molecule has 2 aromatic heterocycles. The molecule has 0 aliphatic carbocycles. The summed E-state index contributed by atoms with van der Waals surface area (Å²) in [6.07, 6.45) is -7.32. The monoisotopic (exact) mass is 444 g/mol. The van der Waals surface area contributed by atoms with E-state index in [-0.39, 0.29) is 23.9 Å². The van der Waals surface area contributed by atoms with Crippen molar-refractivity contribution in [3.05, 3.63) is 71.6 Å². The van der Waals surface area contributed by atoms with E-state index >= 15 is 0 Å². The van der Waals surface area contributed by atoms with Gasteiger partial charge in [-0.15, -0.1) is 5.11 Å². The molecular formula is C18H11F7N6. The molecule has 0 fully saturated rings. The molecule has 1 aromatic carbocycles. The molecule has 2 heterocycles. The van der Waals surface area contributed by atoms with Crippen LogP contribution in [0.15, 0.2) is 59.2 Å². The SMILES string of the molecule is Fc1ccc(Nc2cc(N=NCc3ccc(C(F)(F)F)nc3)ncn2)cc1C(F)(F)F. The van der Waals surface area contributed by atoms with Gasteiger partial charge in [-0.2, -0.15) is 31.5 Å². The summed E-state index contributed by atoms with van der Waals surface area (Å²) in [5.74, 6) is -1.30. The highest BCUT2D eigenvalue weighted by Gasteiger charge is 2.34. The van der Waals surface area contributed by atoms with Gasteiger partial charge in [0.25, 0.3) is 0 Å². The lowest BCUT2D eigenvalue weighted by molar-refractivity contribution is -0.141. The highest BCUT2D eigenvalue weighted by Crippen LogP contribution is 2.33. The number of hydrogen-bond donors (Lipinski definition) is 1. The van der Waals surface area contributed by atoms with Gasteiger partial charge in [0.15, 0.2) is 5.82 Å². The number of alkyl halides is 6. The molecule has 0 bridgehead atoms. The van der Waals surface area contributed by atoms with Gasteiger partial charge in [0.2, 0.25) is 0 Å². The van der Waals surface area contributed by atoms with Crippen LogP contribution in [0.2, 0.25) is 0 Å². The highest BCUT2D eigenvalue weighted by atomic mass is 19.4. The minimum atomic E-state index is -4.86. The molecule has 0 amide bonds. The van der Waals surface area contributed by atoms with E-state index in [2.05, 4.69) is 30.5 Å². The third kappa shape index (κ3) is 5.93. The molecule has 3 aromatic rings. The number of hydrogen-bond acceptors (Lipinski definition) is 6. The summed E-state index contributed by atoms with van der Waals surface area (Å²) in [6, 6.07) is 5.65. The first-order chi connectivity index (χ1) is 14.5. The molecule has 3 rings (SSSR count). The van der Waals surface area contributed by atoms with Crippen LogP contribution in [0.4, 0.5) is 48.1 Å². The largest absolute Gasteiger partial charge is 0.433 e. The van der Waals surface area contributed by atoms with E-state index in [1.807, 2.05) is 0 Å². The van der Waals surface area contributed by atoms with Crippen molar-refractivity contribution < 1.29 is 30.7 Å². The van der Waals surface area contributed by atoms with Crippen LogP contribution in [0.1, 0.15) is 16.8 Å². The summed E-state index contributed by atoms with van der Waals surface area (Å²) in [5, 5.41) is 10.2. The number of aromatic nitrogens is 3. The number of anilines is 2. The van der Waals surface area contributed by atoms with E-state index in [1.165, 1.54) is 12.1 Å². The van der Waals surface area contributed by atoms with Crippen LogP contribution in [0.3, 0.4) is 0 Å². The van der Waals surface area contributed by atoms with Gasteiger partial charge in [-0.1, -0.05) is 6.07 Å². The molecule has 162 valence electrons. The first-order valence-electron chi connectivity index (χ1n) is 8.38. The first kappa shape index (κ1) is 22.1. The molecule has 0 spiro atoms. The van der Waals surface area contributed by atoms with Gasteiger partial charge in [-0.25, -0.2) is 14.4 Å². The minimum absolute atomic E-state index is 0.0375. The Hall–Kier alpha value is -3.64. The molecule has 1 N–H and O–H groups in total. The Kier molecular flexibility index (Phi) is 6.13. The van der Waals surface area contributed by atoms with Gasteiger partial charge >= 0.3 is 12.4 Å². The fourth-order valence-electron chi connectivity index (χ4n) is 2.31. The van der Waals surface area contributed by atoms with Crippen molar-refractivity contribution in [2.75, 3.05) is 5.32 Å². The predicted molar refractivity (Wildman–Crippen MR) is 94.2 cm³/mol. The maximum absolute atomic E-state index is 13.4. The van der Waals surface area contributed by atoms with E-state index < -0.39 is 29.4 Å². The van der Waals surface area contributed by atoms with E-state index in [0.717, 1.165) is 24.7 Å². The van der Waals surface area contributed by atoms with Crippen LogP contribution >= 0.6 is 0 Å². The standard InChI is InChI=1S/C18H11F7N6/c19-13-3-2-11(5-12(13)17(20,21)22)30-15-6-16(28-9-27-15)31-29-8-10-1-4-14(26-7-10)18(23,24)25/h1-7,9H,8H2,(H,27,28,30). The zero-order valence-electron chi connectivity index (χ0n) is 15.2. The number of rotatable bonds is 5. The van der Waals surface area contributed by atoms with Gasteiger partial charge < -0.3 is 5.32 Å². The maximum atomic E-state index is 13.4. The number of nitrogens with one attached hydrogen (secondary N) is 1. The molecule has 0 saturated heterocycles. The molecule has 0 saturated carbocycles. The van der Waals surface area contributed by atoms with Crippen molar-refractivity contribution in [1.29, 1.82) is 0 Å². The molecule has 31 heavy (non-hydrogen) atoms. The van der Waals surface area contributed by atoms with Crippen molar-refractivity contribution in [3.63, 3.8) is 0 Å². The van der Waals surface area contributed by atoms with Crippen molar-refractivity contribution in [2.24, 2.45) is 10.2 Å². The molecule has 0 aliphatic rings. The van der Waals surface area contributed by atoms with Crippen LogP contribution in [0.5, 0.6) is 0 Å². The second-order valence-electron chi connectivity index (χ2n) is 6.03. The fraction of sp³-hybridized carbons (Fsp3) is 0.167. The summed E-state index contributed by atoms with van der Waals surface area (Å²) in [5.41, 5.74) is -2.16. The Morgan fingerprint density at radius 2 is 1.65 bits per heavy atom. The second-order valence-corrected chi connectivity index (χ2v) is 6.03. The van der Waals surface area contributed by atoms with Crippen LogP contribution in [0, 0.1) is 5.82 Å². The van der Waals surface area contributed by atoms with Crippen molar-refractivity contribution in [3.8, 4) is 0 Å². The fourth-order valence-corrected chi connectivity index (χ4v) is 2.31. The molecular weight excluding hydrogens is 433 g/mol. The zero-order valence-corrected chi connectivity index (χ0v) is 15.2. The molecule has 0 atom stereocenters. The lowest BCUT2D eigenvalue weighted by Gasteiger charge is -2.11. The second kappa shape index (κ2) is 8.62. The number of benzene rings is 1. The Bertz CT molecular complexity index is 1080. The van der Waals surface area contributed by atoms with Crippen molar-refractivity contribution in [1.82, 2.24) is 15.0 Å². The topological polar surface area (TPSA) is 75.4 Å². The third-order valence-electron chi connectivity index (χ3n) is 3.74. The Balaban J connectivity index is 1.68. The first-order valence-corrected chi connectivity index (χ1v) is 8.38. The van der Waals surface area contributed by atoms with Gasteiger partial charge in [0, 0.05) is 18.0 Å². The third-order valence-corrected chi connectivity index (χ3v) is 3.74. The normalized spacial score (nSPS) is 12.4. The number of halogens is 7. The van der Waals surface area contributed by atoms with Crippen LogP contribution in [0.25, 0.3) is 0 Å². The lowest BCUT2D eigenvalue weighted by Crippen LogP contribution is -2.08. The Labute approximate surface area is 169 Å². The van der Waals surface area contributed by atoms with Crippen molar-refractivity contribution in [2.45, 2.75) is 18.9 Å². The van der Waals surface area contributed by atoms with Gasteiger partial charge in [-0.05, 0) is 29.8 Å². The van der Waals surface area contributed by atoms with E-state index in [4.69, 9.17) is 0 Å². The molecule has 0 aliphatic heterocycles. The Morgan fingerprint density at radius 1 is 0.871 bits per heavy atom. The number of pyridine rings is 1. The average Bonchev–Trinajstić information content (AvgIpc) is 2.69.